The second-order valence-electron chi connectivity index (χ2n) is 2.98. The van der Waals surface area contributed by atoms with E-state index in [1.54, 1.807) is 0 Å². The van der Waals surface area contributed by atoms with Crippen molar-refractivity contribution in [2.75, 3.05) is 0 Å². The van der Waals surface area contributed by atoms with Crippen LogP contribution in [-0.4, -0.2) is 0 Å². The highest BCUT2D eigenvalue weighted by atomic mass is 79.9. The molecule has 0 fully saturated rings. The van der Waals surface area contributed by atoms with Crippen LogP contribution in [0.3, 0.4) is 0 Å². The minimum atomic E-state index is 0. The van der Waals surface area contributed by atoms with Gasteiger partial charge in [-0.05, 0) is 19.1 Å². The fourth-order valence-electron chi connectivity index (χ4n) is 1.56. The van der Waals surface area contributed by atoms with Gasteiger partial charge in [0.25, 0.3) is 0 Å². The van der Waals surface area contributed by atoms with E-state index in [0.717, 1.165) is 11.0 Å². The molecule has 0 atom stereocenters. The summed E-state index contributed by atoms with van der Waals surface area (Å²) < 4.78 is 4.85. The molecule has 0 radical (unpaired) electrons. The van der Waals surface area contributed by atoms with Crippen molar-refractivity contribution in [2.45, 2.75) is 20.4 Å². The Morgan fingerprint density at radius 1 is 1.43 bits per heavy atom. The fraction of sp³-hybridized carbons (Fsp3) is 0.300. The quantitative estimate of drug-likeness (QED) is 0.659. The Kier molecular flexibility index (Phi) is 4.10. The summed E-state index contributed by atoms with van der Waals surface area (Å²) in [5.41, 5.74) is 1.33. The molecule has 76 valence electrons. The molecule has 0 bridgehead atoms. The second-order valence-corrected chi connectivity index (χ2v) is 5.13. The summed E-state index contributed by atoms with van der Waals surface area (Å²) in [6.45, 7) is 5.39. The lowest BCUT2D eigenvalue weighted by atomic mass is 10.3. The Morgan fingerprint density at radius 2 is 2.14 bits per heavy atom. The smallest absolute Gasteiger partial charge is 0.235 e. The molecule has 14 heavy (non-hydrogen) atoms. The van der Waals surface area contributed by atoms with Gasteiger partial charge in [-0.3, -0.25) is 0 Å². The normalized spacial score (nSPS) is 10.2. The van der Waals surface area contributed by atoms with Crippen LogP contribution >= 0.6 is 27.3 Å². The molecule has 0 aliphatic rings. The Labute approximate surface area is 107 Å². The van der Waals surface area contributed by atoms with Crippen molar-refractivity contribution < 1.29 is 21.5 Å². The third-order valence-corrected chi connectivity index (χ3v) is 3.74. The van der Waals surface area contributed by atoms with Gasteiger partial charge in [-0.2, -0.15) is 4.57 Å². The van der Waals surface area contributed by atoms with Gasteiger partial charge in [0.15, 0.2) is 0 Å². The van der Waals surface area contributed by atoms with Crippen LogP contribution in [0.5, 0.6) is 0 Å². The topological polar surface area (TPSA) is 3.88 Å². The molecule has 1 heterocycles. The van der Waals surface area contributed by atoms with Gasteiger partial charge in [-0.25, -0.2) is 0 Å². The first kappa shape index (κ1) is 12.1. The maximum Gasteiger partial charge on any atom is 0.235 e. The zero-order valence-corrected chi connectivity index (χ0v) is 12.0. The lowest BCUT2D eigenvalue weighted by Gasteiger charge is -1.91. The molecular weight excluding hydrogens is 326 g/mol. The zero-order chi connectivity index (χ0) is 9.42. The van der Waals surface area contributed by atoms with Gasteiger partial charge in [0.2, 0.25) is 10.5 Å². The highest BCUT2D eigenvalue weighted by Gasteiger charge is 2.14. The average Bonchev–Trinajstić information content (AvgIpc) is 2.40. The van der Waals surface area contributed by atoms with Gasteiger partial charge in [-0.1, -0.05) is 27.3 Å². The molecule has 4 heteroatoms. The molecule has 0 amide bonds. The summed E-state index contributed by atoms with van der Waals surface area (Å²) >= 11 is 5.35. The highest BCUT2D eigenvalue weighted by molar-refractivity contribution is 9.10. The first-order valence-electron chi connectivity index (χ1n) is 4.31. The van der Waals surface area contributed by atoms with Crippen LogP contribution in [0.2, 0.25) is 0 Å². The van der Waals surface area contributed by atoms with Crippen molar-refractivity contribution in [3.63, 3.8) is 0 Å². The predicted octanol–water partition coefficient (Wildman–Crippen LogP) is 0.284. The Bertz CT molecular complexity index is 451. The average molecular weight is 337 g/mol. The van der Waals surface area contributed by atoms with E-state index in [9.17, 15) is 0 Å². The van der Waals surface area contributed by atoms with Crippen molar-refractivity contribution in [2.24, 2.45) is 0 Å². The largest absolute Gasteiger partial charge is 1.00 e. The lowest BCUT2D eigenvalue weighted by molar-refractivity contribution is -0.669. The number of aromatic nitrogens is 1. The van der Waals surface area contributed by atoms with Crippen LogP contribution in [0.4, 0.5) is 0 Å². The molecule has 0 aliphatic carbocycles. The molecule has 1 aromatic heterocycles. The predicted molar refractivity (Wildman–Crippen MR) is 60.1 cm³/mol. The summed E-state index contributed by atoms with van der Waals surface area (Å²) in [5.74, 6) is 0. The highest BCUT2D eigenvalue weighted by Crippen LogP contribution is 2.23. The number of hydrogen-bond donors (Lipinski definition) is 0. The number of rotatable bonds is 1. The molecule has 0 spiro atoms. The van der Waals surface area contributed by atoms with Crippen molar-refractivity contribution in [3.8, 4) is 0 Å². The molecule has 0 saturated carbocycles. The number of halogens is 2. The number of aryl methyl sites for hydroxylation is 2. The van der Waals surface area contributed by atoms with Crippen LogP contribution in [0.1, 0.15) is 11.9 Å². The van der Waals surface area contributed by atoms with Crippen LogP contribution in [0.15, 0.2) is 22.7 Å². The van der Waals surface area contributed by atoms with Crippen molar-refractivity contribution in [3.05, 3.63) is 27.7 Å². The third kappa shape index (κ3) is 2.02. The molecule has 0 aliphatic heterocycles. The molecule has 2 aromatic rings. The molecule has 1 aromatic carbocycles. The maximum atomic E-state index is 3.50. The summed E-state index contributed by atoms with van der Waals surface area (Å²) in [6, 6.07) is 6.45. The van der Waals surface area contributed by atoms with Crippen molar-refractivity contribution >= 4 is 37.5 Å². The van der Waals surface area contributed by atoms with Crippen LogP contribution in [0.25, 0.3) is 10.2 Å². The first-order valence-corrected chi connectivity index (χ1v) is 5.92. The minimum Gasteiger partial charge on any atom is -1.00 e. The van der Waals surface area contributed by atoms with E-state index < -0.39 is 0 Å². The summed E-state index contributed by atoms with van der Waals surface area (Å²) in [6.07, 6.45) is 0. The van der Waals surface area contributed by atoms with Crippen molar-refractivity contribution in [1.82, 2.24) is 0 Å². The SMILES string of the molecule is CC[n+]1c(C)sc2ccc(Br)cc21.[Br-]. The van der Waals surface area contributed by atoms with Crippen LogP contribution in [-0.2, 0) is 6.54 Å². The van der Waals surface area contributed by atoms with Crippen LogP contribution < -0.4 is 21.5 Å². The monoisotopic (exact) mass is 335 g/mol. The van der Waals surface area contributed by atoms with Crippen LogP contribution in [0, 0.1) is 6.92 Å². The van der Waals surface area contributed by atoms with Gasteiger partial charge in [-0.15, -0.1) is 0 Å². The van der Waals surface area contributed by atoms with Gasteiger partial charge >= 0.3 is 0 Å². The van der Waals surface area contributed by atoms with Crippen molar-refractivity contribution in [1.29, 1.82) is 0 Å². The van der Waals surface area contributed by atoms with Gasteiger partial charge in [0.1, 0.15) is 11.2 Å². The Hall–Kier alpha value is 0.0700. The van der Waals surface area contributed by atoms with Gasteiger partial charge < -0.3 is 17.0 Å². The molecular formula is C10H11Br2NS. The molecule has 2 rings (SSSR count). The fourth-order valence-corrected chi connectivity index (χ4v) is 2.98. The van der Waals surface area contributed by atoms with Gasteiger partial charge in [0, 0.05) is 17.5 Å². The van der Waals surface area contributed by atoms with E-state index in [-0.39, 0.29) is 17.0 Å². The molecule has 0 saturated heterocycles. The number of nitrogens with zero attached hydrogens (tertiary/aromatic N) is 1. The third-order valence-electron chi connectivity index (χ3n) is 2.17. The number of thiazole rings is 1. The summed E-state index contributed by atoms with van der Waals surface area (Å²) in [5, 5.41) is 1.37. The van der Waals surface area contributed by atoms with E-state index in [4.69, 9.17) is 0 Å². The van der Waals surface area contributed by atoms with E-state index >= 15 is 0 Å². The van der Waals surface area contributed by atoms with E-state index in [0.29, 0.717) is 0 Å². The molecule has 0 unspecified atom stereocenters. The van der Waals surface area contributed by atoms with E-state index in [1.807, 2.05) is 11.3 Å². The van der Waals surface area contributed by atoms with E-state index in [1.165, 1.54) is 15.2 Å². The first-order chi connectivity index (χ1) is 6.22. The summed E-state index contributed by atoms with van der Waals surface area (Å²) in [7, 11) is 0. The molecule has 1 nitrogen and oxygen atoms in total. The number of fused-ring (bicyclic) bond motifs is 1. The minimum absolute atomic E-state index is 0. The maximum absolute atomic E-state index is 3.50. The Morgan fingerprint density at radius 3 is 2.79 bits per heavy atom. The lowest BCUT2D eigenvalue weighted by Crippen LogP contribution is -3.00. The summed E-state index contributed by atoms with van der Waals surface area (Å²) in [4.78, 5) is 0. The second kappa shape index (κ2) is 4.73. The van der Waals surface area contributed by atoms with Gasteiger partial charge in [0.05, 0.1) is 0 Å². The Balaban J connectivity index is 0.000000980. The van der Waals surface area contributed by atoms with E-state index in [2.05, 4.69) is 52.5 Å². The zero-order valence-electron chi connectivity index (χ0n) is 8.05. The number of hydrogen-bond acceptors (Lipinski definition) is 1. The number of benzene rings is 1. The molecule has 0 N–H and O–H groups in total. The standard InChI is InChI=1S/C10H11BrNS.BrH/c1-3-12-7(2)13-10-5-4-8(11)6-9(10)12;/h4-6H,3H2,1-2H3;1H/q+1;/p-1.